The number of alkyl halides is 3. The summed E-state index contributed by atoms with van der Waals surface area (Å²) in [5.41, 5.74) is 0.757. The molecule has 1 aromatic carbocycles. The summed E-state index contributed by atoms with van der Waals surface area (Å²) in [7, 11) is 0. The predicted octanol–water partition coefficient (Wildman–Crippen LogP) is 1.74. The van der Waals surface area contributed by atoms with Gasteiger partial charge in [-0.05, 0) is 5.56 Å². The molecule has 0 aliphatic carbocycles. The quantitative estimate of drug-likeness (QED) is 0.803. The van der Waals surface area contributed by atoms with E-state index in [1.54, 1.807) is 30.3 Å². The molecule has 0 fully saturated rings. The summed E-state index contributed by atoms with van der Waals surface area (Å²) in [6.07, 6.45) is -4.81. The summed E-state index contributed by atoms with van der Waals surface area (Å²) in [5, 5.41) is 17.6. The molecule has 0 saturated heterocycles. The van der Waals surface area contributed by atoms with Crippen molar-refractivity contribution in [3.05, 3.63) is 35.9 Å². The Morgan fingerprint density at radius 2 is 1.85 bits per heavy atom. The van der Waals surface area contributed by atoms with Gasteiger partial charge in [0.25, 0.3) is 0 Å². The van der Waals surface area contributed by atoms with Gasteiger partial charge >= 0.3 is 12.1 Å². The van der Waals surface area contributed by atoms with E-state index in [0.29, 0.717) is 0 Å². The monoisotopic (exact) mass is 291 g/mol. The van der Waals surface area contributed by atoms with Gasteiger partial charge in [-0.3, -0.25) is 9.69 Å². The van der Waals surface area contributed by atoms with Crippen LogP contribution < -0.4 is 0 Å². The van der Waals surface area contributed by atoms with Crippen LogP contribution in [0.15, 0.2) is 30.3 Å². The first-order chi connectivity index (χ1) is 9.34. The molecule has 1 rings (SSSR count). The van der Waals surface area contributed by atoms with Gasteiger partial charge in [0.2, 0.25) is 0 Å². The molecule has 0 spiro atoms. The maximum Gasteiger partial charge on any atom is 0.403 e. The van der Waals surface area contributed by atoms with Crippen LogP contribution in [0.1, 0.15) is 5.56 Å². The average Bonchev–Trinajstić information content (AvgIpc) is 2.35. The Balaban J connectivity index is 2.77. The van der Waals surface area contributed by atoms with Gasteiger partial charge in [0, 0.05) is 19.6 Å². The molecule has 0 aliphatic rings. The third kappa shape index (κ3) is 5.18. The Labute approximate surface area is 114 Å². The minimum Gasteiger partial charge on any atom is -0.481 e. The fraction of sp³-hybridized carbons (Fsp3) is 0.462. The second-order valence-electron chi connectivity index (χ2n) is 4.38. The zero-order valence-corrected chi connectivity index (χ0v) is 10.7. The second-order valence-corrected chi connectivity index (χ2v) is 4.38. The number of hydrogen-bond donors (Lipinski definition) is 2. The molecule has 4 nitrogen and oxygen atoms in total. The summed E-state index contributed by atoms with van der Waals surface area (Å²) in [6, 6.07) is 8.72. The molecular formula is C13H16F3NO3. The van der Waals surface area contributed by atoms with Crippen molar-refractivity contribution < 1.29 is 28.2 Å². The number of hydrogen-bond acceptors (Lipinski definition) is 3. The lowest BCUT2D eigenvalue weighted by molar-refractivity contribution is -0.197. The number of halogens is 3. The van der Waals surface area contributed by atoms with E-state index in [0.717, 1.165) is 5.56 Å². The highest BCUT2D eigenvalue weighted by Crippen LogP contribution is 2.27. The molecule has 1 unspecified atom stereocenters. The van der Waals surface area contributed by atoms with Crippen molar-refractivity contribution in [2.24, 2.45) is 5.92 Å². The molecule has 1 aromatic rings. The molecule has 0 bridgehead atoms. The Morgan fingerprint density at radius 3 is 2.30 bits per heavy atom. The van der Waals surface area contributed by atoms with Crippen LogP contribution >= 0.6 is 0 Å². The van der Waals surface area contributed by atoms with Crippen LogP contribution in [0.4, 0.5) is 13.2 Å². The topological polar surface area (TPSA) is 60.8 Å². The van der Waals surface area contributed by atoms with Gasteiger partial charge in [-0.2, -0.15) is 13.2 Å². The average molecular weight is 291 g/mol. The number of rotatable bonds is 7. The van der Waals surface area contributed by atoms with E-state index < -0.39 is 24.6 Å². The maximum atomic E-state index is 12.6. The highest BCUT2D eigenvalue weighted by molar-refractivity contribution is 5.71. The van der Waals surface area contributed by atoms with Crippen LogP contribution in [-0.4, -0.2) is 47.0 Å². The molecular weight excluding hydrogens is 275 g/mol. The summed E-state index contributed by atoms with van der Waals surface area (Å²) < 4.78 is 37.9. The van der Waals surface area contributed by atoms with Crippen molar-refractivity contribution in [1.82, 2.24) is 4.90 Å². The van der Waals surface area contributed by atoms with E-state index in [4.69, 9.17) is 10.2 Å². The zero-order chi connectivity index (χ0) is 15.2. The third-order valence-electron chi connectivity index (χ3n) is 2.80. The van der Waals surface area contributed by atoms with Crippen LogP contribution in [0.25, 0.3) is 0 Å². The number of benzene rings is 1. The number of aliphatic carboxylic acids is 1. The van der Waals surface area contributed by atoms with Gasteiger partial charge in [-0.1, -0.05) is 30.3 Å². The number of carboxylic acid groups (broad SMARTS) is 1. The number of nitrogens with zero attached hydrogens (tertiary/aromatic N) is 1. The van der Waals surface area contributed by atoms with Gasteiger partial charge < -0.3 is 10.2 Å². The molecule has 0 saturated carbocycles. The predicted molar refractivity (Wildman–Crippen MR) is 66.0 cm³/mol. The smallest absolute Gasteiger partial charge is 0.403 e. The van der Waals surface area contributed by atoms with Crippen molar-refractivity contribution in [3.63, 3.8) is 0 Å². The molecule has 0 aromatic heterocycles. The van der Waals surface area contributed by atoms with Crippen LogP contribution in [0, 0.1) is 5.92 Å². The number of carboxylic acids is 1. The number of carbonyl (C=O) groups is 1. The molecule has 7 heteroatoms. The van der Waals surface area contributed by atoms with Crippen molar-refractivity contribution in [2.45, 2.75) is 12.7 Å². The minimum absolute atomic E-state index is 0.0191. The van der Waals surface area contributed by atoms with Crippen molar-refractivity contribution in [3.8, 4) is 0 Å². The van der Waals surface area contributed by atoms with E-state index in [-0.39, 0.29) is 19.7 Å². The molecule has 0 radical (unpaired) electrons. The number of aliphatic hydroxyl groups excluding tert-OH is 1. The molecule has 0 amide bonds. The fourth-order valence-corrected chi connectivity index (χ4v) is 1.80. The summed E-state index contributed by atoms with van der Waals surface area (Å²) in [6.45, 7) is -0.888. The second kappa shape index (κ2) is 7.25. The van der Waals surface area contributed by atoms with Gasteiger partial charge in [0.1, 0.15) is 0 Å². The lowest BCUT2D eigenvalue weighted by Gasteiger charge is -2.26. The van der Waals surface area contributed by atoms with Crippen molar-refractivity contribution in [2.75, 3.05) is 19.7 Å². The van der Waals surface area contributed by atoms with Gasteiger partial charge in [-0.15, -0.1) is 0 Å². The largest absolute Gasteiger partial charge is 0.481 e. The first-order valence-corrected chi connectivity index (χ1v) is 6.01. The zero-order valence-electron chi connectivity index (χ0n) is 10.7. The van der Waals surface area contributed by atoms with Crippen LogP contribution in [0.2, 0.25) is 0 Å². The molecule has 0 heterocycles. The van der Waals surface area contributed by atoms with Crippen molar-refractivity contribution in [1.29, 1.82) is 0 Å². The van der Waals surface area contributed by atoms with Crippen molar-refractivity contribution >= 4 is 5.97 Å². The van der Waals surface area contributed by atoms with E-state index in [1.165, 1.54) is 4.90 Å². The van der Waals surface area contributed by atoms with E-state index in [2.05, 4.69) is 0 Å². The fourth-order valence-electron chi connectivity index (χ4n) is 1.80. The first-order valence-electron chi connectivity index (χ1n) is 6.01. The molecule has 2 N–H and O–H groups in total. The van der Waals surface area contributed by atoms with Crippen LogP contribution in [-0.2, 0) is 11.3 Å². The van der Waals surface area contributed by atoms with E-state index in [1.807, 2.05) is 0 Å². The van der Waals surface area contributed by atoms with Crippen LogP contribution in [0.5, 0.6) is 0 Å². The SMILES string of the molecule is O=C(O)C(CN(CCO)Cc1ccccc1)C(F)(F)F. The summed E-state index contributed by atoms with van der Waals surface area (Å²) in [4.78, 5) is 12.0. The Kier molecular flexibility index (Phi) is 5.97. The Morgan fingerprint density at radius 1 is 1.25 bits per heavy atom. The normalized spacial score (nSPS) is 13.4. The Hall–Kier alpha value is -1.60. The molecule has 1 atom stereocenters. The summed E-state index contributed by atoms with van der Waals surface area (Å²) >= 11 is 0. The molecule has 112 valence electrons. The minimum atomic E-state index is -4.81. The van der Waals surface area contributed by atoms with E-state index >= 15 is 0 Å². The lowest BCUT2D eigenvalue weighted by atomic mass is 10.1. The Bertz CT molecular complexity index is 423. The maximum absolute atomic E-state index is 12.6. The third-order valence-corrected chi connectivity index (χ3v) is 2.80. The van der Waals surface area contributed by atoms with Gasteiger partial charge in [0.15, 0.2) is 5.92 Å². The number of aliphatic hydroxyl groups is 1. The molecule has 20 heavy (non-hydrogen) atoms. The van der Waals surface area contributed by atoms with Crippen LogP contribution in [0.3, 0.4) is 0 Å². The summed E-state index contributed by atoms with van der Waals surface area (Å²) in [5.74, 6) is -4.37. The van der Waals surface area contributed by atoms with E-state index in [9.17, 15) is 18.0 Å². The highest BCUT2D eigenvalue weighted by atomic mass is 19.4. The first kappa shape index (κ1) is 16.5. The standard InChI is InChI=1S/C13H16F3NO3/c14-13(15,16)11(12(19)20)9-17(6-7-18)8-10-4-2-1-3-5-10/h1-5,11,18H,6-9H2,(H,19,20). The van der Waals surface area contributed by atoms with Gasteiger partial charge in [0.05, 0.1) is 6.61 Å². The highest BCUT2D eigenvalue weighted by Gasteiger charge is 2.45. The van der Waals surface area contributed by atoms with Gasteiger partial charge in [-0.25, -0.2) is 0 Å². The lowest BCUT2D eigenvalue weighted by Crippen LogP contribution is -2.42. The molecule has 0 aliphatic heterocycles.